The smallest absolute Gasteiger partial charge is 0.183 e. The molecular weight excluding hydrogens is 138 g/mol. The summed E-state index contributed by atoms with van der Waals surface area (Å²) in [5, 5.41) is 0. The van der Waals surface area contributed by atoms with Gasteiger partial charge in [-0.2, -0.15) is 0 Å². The Balaban J connectivity index is 3.69. The standard InChI is InChI=1S/C9H19NO/c1-5-8(3)7-9(10-4)11-6-2/h8H,5-7H2,1-4H3. The second kappa shape index (κ2) is 6.20. The number of ether oxygens (including phenoxy) is 1. The maximum absolute atomic E-state index is 5.31. The van der Waals surface area contributed by atoms with E-state index in [9.17, 15) is 0 Å². The van der Waals surface area contributed by atoms with Crippen LogP contribution in [0.5, 0.6) is 0 Å². The number of rotatable bonds is 4. The zero-order chi connectivity index (χ0) is 8.69. The summed E-state index contributed by atoms with van der Waals surface area (Å²) in [6.45, 7) is 7.11. The minimum Gasteiger partial charge on any atom is -0.481 e. The molecule has 0 aliphatic carbocycles. The van der Waals surface area contributed by atoms with E-state index in [1.165, 1.54) is 6.42 Å². The van der Waals surface area contributed by atoms with Gasteiger partial charge in [0.05, 0.1) is 6.61 Å². The third kappa shape index (κ3) is 4.82. The van der Waals surface area contributed by atoms with Crippen LogP contribution in [0.2, 0.25) is 0 Å². The van der Waals surface area contributed by atoms with Crippen LogP contribution in [-0.4, -0.2) is 19.6 Å². The predicted octanol–water partition coefficient (Wildman–Crippen LogP) is 2.49. The van der Waals surface area contributed by atoms with Crippen molar-refractivity contribution >= 4 is 5.90 Å². The molecule has 0 rings (SSSR count). The van der Waals surface area contributed by atoms with Crippen molar-refractivity contribution in [2.75, 3.05) is 13.7 Å². The van der Waals surface area contributed by atoms with E-state index in [-0.39, 0.29) is 0 Å². The largest absolute Gasteiger partial charge is 0.481 e. The molecule has 66 valence electrons. The first-order chi connectivity index (χ1) is 5.24. The van der Waals surface area contributed by atoms with Gasteiger partial charge in [0.25, 0.3) is 0 Å². The summed E-state index contributed by atoms with van der Waals surface area (Å²) in [4.78, 5) is 4.06. The Morgan fingerprint density at radius 3 is 2.45 bits per heavy atom. The Labute approximate surface area is 69.7 Å². The fourth-order valence-corrected chi connectivity index (χ4v) is 0.824. The summed E-state index contributed by atoms with van der Waals surface area (Å²) in [6.07, 6.45) is 2.16. The molecule has 0 saturated heterocycles. The van der Waals surface area contributed by atoms with Gasteiger partial charge in [-0.25, -0.2) is 0 Å². The molecule has 0 N–H and O–H groups in total. The van der Waals surface area contributed by atoms with Crippen LogP contribution < -0.4 is 0 Å². The average molecular weight is 157 g/mol. The van der Waals surface area contributed by atoms with Gasteiger partial charge in [0.1, 0.15) is 0 Å². The van der Waals surface area contributed by atoms with E-state index < -0.39 is 0 Å². The van der Waals surface area contributed by atoms with Crippen LogP contribution in [0, 0.1) is 5.92 Å². The molecule has 0 spiro atoms. The Kier molecular flexibility index (Phi) is 5.90. The van der Waals surface area contributed by atoms with Crippen LogP contribution in [0.25, 0.3) is 0 Å². The topological polar surface area (TPSA) is 21.6 Å². The summed E-state index contributed by atoms with van der Waals surface area (Å²) < 4.78 is 5.31. The van der Waals surface area contributed by atoms with Crippen molar-refractivity contribution in [2.24, 2.45) is 10.9 Å². The molecule has 0 fully saturated rings. The van der Waals surface area contributed by atoms with Crippen LogP contribution in [0.15, 0.2) is 4.99 Å². The average Bonchev–Trinajstić information content (AvgIpc) is 2.03. The molecule has 1 atom stereocenters. The van der Waals surface area contributed by atoms with Crippen LogP contribution in [-0.2, 0) is 4.74 Å². The van der Waals surface area contributed by atoms with E-state index in [2.05, 4.69) is 18.8 Å². The fraction of sp³-hybridized carbons (Fsp3) is 0.889. The first-order valence-electron chi connectivity index (χ1n) is 4.33. The van der Waals surface area contributed by atoms with Crippen LogP contribution >= 0.6 is 0 Å². The minimum absolute atomic E-state index is 0.681. The Bertz CT molecular complexity index is 121. The molecule has 0 aliphatic heterocycles. The Morgan fingerprint density at radius 1 is 1.45 bits per heavy atom. The second-order valence-electron chi connectivity index (χ2n) is 2.77. The van der Waals surface area contributed by atoms with E-state index in [0.29, 0.717) is 5.92 Å². The third-order valence-corrected chi connectivity index (χ3v) is 1.78. The molecule has 0 aromatic heterocycles. The lowest BCUT2D eigenvalue weighted by Gasteiger charge is -2.10. The SMILES string of the molecule is CCOC(CC(C)CC)=NC. The fourth-order valence-electron chi connectivity index (χ4n) is 0.824. The first kappa shape index (κ1) is 10.5. The molecule has 0 amide bonds. The van der Waals surface area contributed by atoms with Crippen molar-refractivity contribution in [1.82, 2.24) is 0 Å². The zero-order valence-electron chi connectivity index (χ0n) is 8.05. The molecule has 0 saturated carbocycles. The molecule has 0 heterocycles. The predicted molar refractivity (Wildman–Crippen MR) is 49.1 cm³/mol. The maximum Gasteiger partial charge on any atom is 0.183 e. The summed E-state index contributed by atoms with van der Waals surface area (Å²) in [7, 11) is 1.79. The number of hydrogen-bond acceptors (Lipinski definition) is 2. The second-order valence-corrected chi connectivity index (χ2v) is 2.77. The molecule has 0 bridgehead atoms. The lowest BCUT2D eigenvalue weighted by molar-refractivity contribution is 0.308. The molecule has 2 heteroatoms. The quantitative estimate of drug-likeness (QED) is 0.454. The highest BCUT2D eigenvalue weighted by Gasteiger charge is 2.04. The zero-order valence-corrected chi connectivity index (χ0v) is 8.05. The summed E-state index contributed by atoms with van der Waals surface area (Å²) >= 11 is 0. The van der Waals surface area contributed by atoms with Gasteiger partial charge in [-0.3, -0.25) is 4.99 Å². The van der Waals surface area contributed by atoms with Crippen molar-refractivity contribution < 1.29 is 4.74 Å². The van der Waals surface area contributed by atoms with E-state index in [4.69, 9.17) is 4.74 Å². The number of aliphatic imine (C=N–C) groups is 1. The molecule has 1 unspecified atom stereocenters. The normalized spacial score (nSPS) is 14.7. The first-order valence-corrected chi connectivity index (χ1v) is 4.33. The maximum atomic E-state index is 5.31. The molecular formula is C9H19NO. The van der Waals surface area contributed by atoms with Gasteiger partial charge in [-0.1, -0.05) is 20.3 Å². The van der Waals surface area contributed by atoms with Gasteiger partial charge in [0.15, 0.2) is 5.90 Å². The van der Waals surface area contributed by atoms with E-state index >= 15 is 0 Å². The van der Waals surface area contributed by atoms with Gasteiger partial charge in [-0.15, -0.1) is 0 Å². The highest BCUT2D eigenvalue weighted by molar-refractivity contribution is 5.76. The van der Waals surface area contributed by atoms with Gasteiger partial charge in [0, 0.05) is 13.5 Å². The molecule has 0 radical (unpaired) electrons. The summed E-state index contributed by atoms with van der Waals surface area (Å²) in [5.74, 6) is 1.57. The van der Waals surface area contributed by atoms with E-state index in [0.717, 1.165) is 18.9 Å². The Morgan fingerprint density at radius 2 is 2.09 bits per heavy atom. The van der Waals surface area contributed by atoms with Gasteiger partial charge in [-0.05, 0) is 12.8 Å². The minimum atomic E-state index is 0.681. The summed E-state index contributed by atoms with van der Waals surface area (Å²) in [5.41, 5.74) is 0. The number of nitrogens with zero attached hydrogens (tertiary/aromatic N) is 1. The molecule has 11 heavy (non-hydrogen) atoms. The van der Waals surface area contributed by atoms with Crippen LogP contribution in [0.4, 0.5) is 0 Å². The van der Waals surface area contributed by atoms with Crippen LogP contribution in [0.3, 0.4) is 0 Å². The third-order valence-electron chi connectivity index (χ3n) is 1.78. The highest BCUT2D eigenvalue weighted by atomic mass is 16.5. The monoisotopic (exact) mass is 157 g/mol. The molecule has 0 aromatic carbocycles. The van der Waals surface area contributed by atoms with Crippen LogP contribution in [0.1, 0.15) is 33.6 Å². The molecule has 0 aromatic rings. The summed E-state index contributed by atoms with van der Waals surface area (Å²) in [6, 6.07) is 0. The van der Waals surface area contributed by atoms with Crippen molar-refractivity contribution in [1.29, 1.82) is 0 Å². The van der Waals surface area contributed by atoms with Crippen molar-refractivity contribution in [3.05, 3.63) is 0 Å². The highest BCUT2D eigenvalue weighted by Crippen LogP contribution is 2.07. The van der Waals surface area contributed by atoms with Gasteiger partial charge >= 0.3 is 0 Å². The Hall–Kier alpha value is -0.530. The number of hydrogen-bond donors (Lipinski definition) is 0. The van der Waals surface area contributed by atoms with E-state index in [1.54, 1.807) is 7.05 Å². The lowest BCUT2D eigenvalue weighted by Crippen LogP contribution is -2.09. The van der Waals surface area contributed by atoms with Crippen molar-refractivity contribution in [3.8, 4) is 0 Å². The van der Waals surface area contributed by atoms with Crippen molar-refractivity contribution in [2.45, 2.75) is 33.6 Å². The van der Waals surface area contributed by atoms with Gasteiger partial charge < -0.3 is 4.74 Å². The van der Waals surface area contributed by atoms with Crippen molar-refractivity contribution in [3.63, 3.8) is 0 Å². The van der Waals surface area contributed by atoms with E-state index in [1.807, 2.05) is 6.92 Å². The lowest BCUT2D eigenvalue weighted by atomic mass is 10.1. The molecule has 2 nitrogen and oxygen atoms in total. The molecule has 0 aliphatic rings. The van der Waals surface area contributed by atoms with Gasteiger partial charge in [0.2, 0.25) is 0 Å².